The smallest absolute Gasteiger partial charge is 0.251 e. The van der Waals surface area contributed by atoms with Crippen molar-refractivity contribution in [1.29, 1.82) is 0 Å². The fraction of sp³-hybridized carbons (Fsp3) is 0.364. The van der Waals surface area contributed by atoms with Gasteiger partial charge in [-0.3, -0.25) is 4.79 Å². The van der Waals surface area contributed by atoms with Crippen LogP contribution in [0, 0.1) is 0 Å². The Hall–Kier alpha value is -0.730. The summed E-state index contributed by atoms with van der Waals surface area (Å²) in [5.41, 5.74) is 0.467. The third-order valence-corrected chi connectivity index (χ3v) is 3.36. The first-order valence-corrected chi connectivity index (χ1v) is 5.70. The van der Waals surface area contributed by atoms with Crippen LogP contribution in [-0.2, 0) is 0 Å². The molecule has 80 valence electrons. The lowest BCUT2D eigenvalue weighted by Gasteiger charge is -2.13. The fourth-order valence-corrected chi connectivity index (χ4v) is 1.82. The van der Waals surface area contributed by atoms with Gasteiger partial charge in [-0.1, -0.05) is 11.6 Å². The Bertz CT molecular complexity index is 371. The van der Waals surface area contributed by atoms with Crippen molar-refractivity contribution in [1.82, 2.24) is 5.32 Å². The quantitative estimate of drug-likeness (QED) is 0.814. The van der Waals surface area contributed by atoms with Crippen LogP contribution in [-0.4, -0.2) is 17.3 Å². The molecule has 0 aliphatic heterocycles. The molecule has 4 heteroatoms. The molecule has 0 bridgehead atoms. The Morgan fingerprint density at radius 1 is 1.33 bits per heavy atom. The average Bonchev–Trinajstić information content (AvgIpc) is 2.99. The second kappa shape index (κ2) is 4.03. The highest BCUT2D eigenvalue weighted by Crippen LogP contribution is 2.36. The molecule has 2 nitrogen and oxygen atoms in total. The number of carbonyl (C=O) groups excluding carboxylic acids is 1. The van der Waals surface area contributed by atoms with Crippen molar-refractivity contribution in [2.24, 2.45) is 0 Å². The Labute approximate surface area is 98.6 Å². The monoisotopic (exact) mass is 243 g/mol. The molecule has 1 amide bonds. The van der Waals surface area contributed by atoms with Crippen LogP contribution in [0.5, 0.6) is 0 Å². The first-order valence-electron chi connectivity index (χ1n) is 4.79. The number of rotatable bonds is 3. The van der Waals surface area contributed by atoms with Crippen LogP contribution in [0.1, 0.15) is 23.2 Å². The van der Waals surface area contributed by atoms with E-state index in [-0.39, 0.29) is 11.4 Å². The summed E-state index contributed by atoms with van der Waals surface area (Å²) in [5, 5.41) is 3.57. The molecule has 1 saturated carbocycles. The zero-order valence-electron chi connectivity index (χ0n) is 8.09. The molecular formula is C11H11Cl2NO. The van der Waals surface area contributed by atoms with E-state index < -0.39 is 0 Å². The highest BCUT2D eigenvalue weighted by molar-refractivity contribution is 6.30. The zero-order valence-corrected chi connectivity index (χ0v) is 9.61. The minimum Gasteiger partial charge on any atom is -0.345 e. The standard InChI is InChI=1S/C11H11Cl2NO/c12-7-11(5-6-11)14-10(15)8-1-3-9(13)4-2-8/h1-4H,5-7H2,(H,14,15). The fourth-order valence-electron chi connectivity index (χ4n) is 1.36. The van der Waals surface area contributed by atoms with Crippen LogP contribution in [0.15, 0.2) is 24.3 Å². The second-order valence-corrected chi connectivity index (χ2v) is 4.58. The lowest BCUT2D eigenvalue weighted by Crippen LogP contribution is -2.38. The number of nitrogens with one attached hydrogen (secondary N) is 1. The SMILES string of the molecule is O=C(NC1(CCl)CC1)c1ccc(Cl)cc1. The first kappa shape index (κ1) is 10.8. The summed E-state index contributed by atoms with van der Waals surface area (Å²) < 4.78 is 0. The summed E-state index contributed by atoms with van der Waals surface area (Å²) in [5.74, 6) is 0.400. The van der Waals surface area contributed by atoms with Crippen LogP contribution < -0.4 is 5.32 Å². The number of benzene rings is 1. The van der Waals surface area contributed by atoms with E-state index in [2.05, 4.69) is 5.32 Å². The topological polar surface area (TPSA) is 29.1 Å². The van der Waals surface area contributed by atoms with Gasteiger partial charge in [0, 0.05) is 16.5 Å². The van der Waals surface area contributed by atoms with E-state index in [4.69, 9.17) is 23.2 Å². The Morgan fingerprint density at radius 3 is 2.40 bits per heavy atom. The molecule has 1 aromatic rings. The van der Waals surface area contributed by atoms with Gasteiger partial charge >= 0.3 is 0 Å². The normalized spacial score (nSPS) is 17.2. The van der Waals surface area contributed by atoms with E-state index in [9.17, 15) is 4.79 Å². The summed E-state index contributed by atoms with van der Waals surface area (Å²) in [7, 11) is 0. The van der Waals surface area contributed by atoms with Crippen molar-refractivity contribution in [3.05, 3.63) is 34.9 Å². The van der Waals surface area contributed by atoms with Crippen LogP contribution >= 0.6 is 23.2 Å². The van der Waals surface area contributed by atoms with Gasteiger partial charge in [0.05, 0.1) is 5.54 Å². The molecule has 0 heterocycles. The van der Waals surface area contributed by atoms with Gasteiger partial charge in [-0.2, -0.15) is 0 Å². The van der Waals surface area contributed by atoms with Gasteiger partial charge in [-0.25, -0.2) is 0 Å². The molecule has 1 fully saturated rings. The molecular weight excluding hydrogens is 233 g/mol. The summed E-state index contributed by atoms with van der Waals surface area (Å²) in [6.07, 6.45) is 1.94. The summed E-state index contributed by atoms with van der Waals surface area (Å²) in [6, 6.07) is 6.83. The van der Waals surface area contributed by atoms with Crippen LogP contribution in [0.25, 0.3) is 0 Å². The van der Waals surface area contributed by atoms with E-state index in [0.29, 0.717) is 16.5 Å². The molecule has 2 rings (SSSR count). The number of amides is 1. The Balaban J connectivity index is 2.05. The van der Waals surface area contributed by atoms with Gasteiger partial charge < -0.3 is 5.32 Å². The third-order valence-electron chi connectivity index (χ3n) is 2.59. The minimum absolute atomic E-state index is 0.0789. The maximum absolute atomic E-state index is 11.8. The maximum atomic E-state index is 11.8. The van der Waals surface area contributed by atoms with Gasteiger partial charge in [0.2, 0.25) is 0 Å². The molecule has 1 aliphatic carbocycles. The van der Waals surface area contributed by atoms with Gasteiger partial charge in [-0.15, -0.1) is 11.6 Å². The molecule has 1 aromatic carbocycles. The maximum Gasteiger partial charge on any atom is 0.251 e. The van der Waals surface area contributed by atoms with Gasteiger partial charge in [-0.05, 0) is 37.1 Å². The highest BCUT2D eigenvalue weighted by atomic mass is 35.5. The molecule has 1 aliphatic rings. The summed E-state index contributed by atoms with van der Waals surface area (Å²) in [4.78, 5) is 11.8. The largest absolute Gasteiger partial charge is 0.345 e. The van der Waals surface area contributed by atoms with E-state index in [1.165, 1.54) is 0 Å². The average molecular weight is 244 g/mol. The van der Waals surface area contributed by atoms with Gasteiger partial charge in [0.1, 0.15) is 0 Å². The van der Waals surface area contributed by atoms with Gasteiger partial charge in [0.25, 0.3) is 5.91 Å². The van der Waals surface area contributed by atoms with Crippen molar-refractivity contribution >= 4 is 29.1 Å². The number of carbonyl (C=O) groups is 1. The van der Waals surface area contributed by atoms with Crippen LogP contribution in [0.2, 0.25) is 5.02 Å². The predicted octanol–water partition coefficient (Wildman–Crippen LogP) is 2.84. The first-order chi connectivity index (χ1) is 7.15. The lowest BCUT2D eigenvalue weighted by molar-refractivity contribution is 0.0936. The van der Waals surface area contributed by atoms with E-state index in [0.717, 1.165) is 12.8 Å². The predicted molar refractivity (Wildman–Crippen MR) is 61.6 cm³/mol. The van der Waals surface area contributed by atoms with Crippen LogP contribution in [0.3, 0.4) is 0 Å². The van der Waals surface area contributed by atoms with Crippen molar-refractivity contribution in [2.45, 2.75) is 18.4 Å². The van der Waals surface area contributed by atoms with Crippen LogP contribution in [0.4, 0.5) is 0 Å². The molecule has 15 heavy (non-hydrogen) atoms. The molecule has 0 spiro atoms. The van der Waals surface area contributed by atoms with E-state index >= 15 is 0 Å². The van der Waals surface area contributed by atoms with E-state index in [1.54, 1.807) is 24.3 Å². The number of alkyl halides is 1. The number of hydrogen-bond acceptors (Lipinski definition) is 1. The molecule has 1 N–H and O–H groups in total. The third kappa shape index (κ3) is 2.44. The van der Waals surface area contributed by atoms with Crippen molar-refractivity contribution in [2.75, 3.05) is 5.88 Å². The number of hydrogen-bond donors (Lipinski definition) is 1. The van der Waals surface area contributed by atoms with Crippen molar-refractivity contribution in [3.63, 3.8) is 0 Å². The Morgan fingerprint density at radius 2 is 1.93 bits per heavy atom. The lowest BCUT2D eigenvalue weighted by atomic mass is 10.2. The molecule has 0 atom stereocenters. The van der Waals surface area contributed by atoms with Crippen molar-refractivity contribution < 1.29 is 4.79 Å². The molecule has 0 saturated heterocycles. The zero-order chi connectivity index (χ0) is 10.9. The number of halogens is 2. The van der Waals surface area contributed by atoms with Gasteiger partial charge in [0.15, 0.2) is 0 Å². The second-order valence-electron chi connectivity index (χ2n) is 3.87. The molecule has 0 aromatic heterocycles. The minimum atomic E-state index is -0.154. The summed E-state index contributed by atoms with van der Waals surface area (Å²) >= 11 is 11.5. The Kier molecular flexibility index (Phi) is 2.89. The summed E-state index contributed by atoms with van der Waals surface area (Å²) in [6.45, 7) is 0. The van der Waals surface area contributed by atoms with E-state index in [1.807, 2.05) is 0 Å². The molecule has 0 radical (unpaired) electrons. The van der Waals surface area contributed by atoms with Crippen molar-refractivity contribution in [3.8, 4) is 0 Å². The highest BCUT2D eigenvalue weighted by Gasteiger charge is 2.43. The molecule has 0 unspecified atom stereocenters.